The standard InChI is InChI=1S/C59H46BN3S/c1-57(2,3)34-21-23-35(24-22-34)63-51-30-41-37-18-12-14-20-45(37)58(4,5)46(41)27-42(51)38-25-26-39-43-28-47-40(36-17-11-13-19-44(36)59(47,6)7)29-50(43)62-52-32-53-49(31-48(52)60(63)54(38)55(39)62)61-56(64-53)33-15-9-8-10-16-33/h8-32H,1-7H3. The molecule has 10 aromatic rings. The van der Waals surface area contributed by atoms with E-state index in [1.54, 1.807) is 11.3 Å². The van der Waals surface area contributed by atoms with Gasteiger partial charge in [-0.2, -0.15) is 0 Å². The van der Waals surface area contributed by atoms with Crippen molar-refractivity contribution in [2.45, 2.75) is 64.7 Å². The van der Waals surface area contributed by atoms with E-state index in [4.69, 9.17) is 4.98 Å². The van der Waals surface area contributed by atoms with Crippen LogP contribution < -0.4 is 15.7 Å². The molecule has 2 aliphatic heterocycles. The van der Waals surface area contributed by atoms with Gasteiger partial charge in [-0.3, -0.25) is 0 Å². The summed E-state index contributed by atoms with van der Waals surface area (Å²) >= 11 is 1.80. The summed E-state index contributed by atoms with van der Waals surface area (Å²) in [6, 6.07) is 58.2. The molecule has 64 heavy (non-hydrogen) atoms. The van der Waals surface area contributed by atoms with E-state index < -0.39 is 0 Å². The van der Waals surface area contributed by atoms with Crippen LogP contribution in [-0.4, -0.2) is 16.4 Å². The maximum absolute atomic E-state index is 5.40. The third-order valence-corrected chi connectivity index (χ3v) is 16.6. The summed E-state index contributed by atoms with van der Waals surface area (Å²) in [4.78, 5) is 8.09. The number of aromatic nitrogens is 2. The molecule has 0 amide bonds. The monoisotopic (exact) mass is 839 g/mol. The van der Waals surface area contributed by atoms with Crippen molar-refractivity contribution < 1.29 is 0 Å². The van der Waals surface area contributed by atoms with Gasteiger partial charge in [0, 0.05) is 49.8 Å². The number of thiazole rings is 1. The Balaban J connectivity index is 1.13. The zero-order chi connectivity index (χ0) is 43.2. The fourth-order valence-corrected chi connectivity index (χ4v) is 13.3. The highest BCUT2D eigenvalue weighted by Gasteiger charge is 2.47. The lowest BCUT2D eigenvalue weighted by Gasteiger charge is -2.42. The van der Waals surface area contributed by atoms with E-state index in [2.05, 4.69) is 210 Å². The first kappa shape index (κ1) is 36.8. The molecule has 0 bridgehead atoms. The van der Waals surface area contributed by atoms with E-state index in [1.807, 2.05) is 0 Å². The Kier molecular flexibility index (Phi) is 6.95. The van der Waals surface area contributed by atoms with Crippen LogP contribution >= 0.6 is 11.3 Å². The first-order valence-corrected chi connectivity index (χ1v) is 23.6. The number of benzene rings is 8. The van der Waals surface area contributed by atoms with Crippen LogP contribution in [0.5, 0.6) is 0 Å². The van der Waals surface area contributed by atoms with E-state index in [-0.39, 0.29) is 23.1 Å². The minimum absolute atomic E-state index is 0.0354. The molecule has 0 fully saturated rings. The number of fused-ring (bicyclic) bond motifs is 15. The van der Waals surface area contributed by atoms with Crippen molar-refractivity contribution in [3.63, 3.8) is 0 Å². The molecule has 4 aliphatic rings. The lowest BCUT2D eigenvalue weighted by atomic mass is 9.44. The second-order valence-electron chi connectivity index (χ2n) is 20.8. The molecule has 8 aromatic carbocycles. The summed E-state index contributed by atoms with van der Waals surface area (Å²) < 4.78 is 3.85. The van der Waals surface area contributed by atoms with Crippen molar-refractivity contribution in [3.05, 3.63) is 179 Å². The lowest BCUT2D eigenvalue weighted by molar-refractivity contribution is 0.590. The highest BCUT2D eigenvalue weighted by atomic mass is 32.1. The molecule has 0 unspecified atom stereocenters. The molecule has 5 heteroatoms. The quantitative estimate of drug-likeness (QED) is 0.162. The average molecular weight is 840 g/mol. The molecular formula is C59H46BN3S. The van der Waals surface area contributed by atoms with E-state index in [0.29, 0.717) is 0 Å². The predicted molar refractivity (Wildman–Crippen MR) is 272 cm³/mol. The van der Waals surface area contributed by atoms with Crippen LogP contribution in [-0.2, 0) is 16.2 Å². The zero-order valence-electron chi connectivity index (χ0n) is 37.3. The van der Waals surface area contributed by atoms with Crippen LogP contribution in [0, 0.1) is 0 Å². The van der Waals surface area contributed by atoms with E-state index in [1.165, 1.54) is 116 Å². The van der Waals surface area contributed by atoms with Crippen molar-refractivity contribution >= 4 is 72.5 Å². The number of nitrogens with zero attached hydrogens (tertiary/aromatic N) is 3. The molecule has 0 saturated heterocycles. The second-order valence-corrected chi connectivity index (χ2v) is 21.8. The Labute approximate surface area is 378 Å². The molecule has 0 saturated carbocycles. The fraction of sp³-hybridized carbons (Fsp3) is 0.169. The molecule has 0 N–H and O–H groups in total. The minimum Gasteiger partial charge on any atom is -0.376 e. The van der Waals surface area contributed by atoms with E-state index >= 15 is 0 Å². The highest BCUT2D eigenvalue weighted by Crippen LogP contribution is 2.56. The number of hydrogen-bond donors (Lipinski definition) is 0. The van der Waals surface area contributed by atoms with Gasteiger partial charge in [0.1, 0.15) is 5.01 Å². The Morgan fingerprint density at radius 1 is 0.547 bits per heavy atom. The van der Waals surface area contributed by atoms with Gasteiger partial charge in [0.25, 0.3) is 0 Å². The Bertz CT molecular complexity index is 3710. The molecule has 2 aliphatic carbocycles. The zero-order valence-corrected chi connectivity index (χ0v) is 38.1. The molecule has 4 heterocycles. The van der Waals surface area contributed by atoms with Crippen molar-refractivity contribution in [1.82, 2.24) is 9.55 Å². The van der Waals surface area contributed by atoms with Gasteiger partial charge in [-0.15, -0.1) is 11.3 Å². The third kappa shape index (κ3) is 4.60. The lowest BCUT2D eigenvalue weighted by Crippen LogP contribution is -2.60. The molecule has 306 valence electrons. The van der Waals surface area contributed by atoms with Crippen LogP contribution in [0.1, 0.15) is 76.3 Å². The Morgan fingerprint density at radius 2 is 1.20 bits per heavy atom. The molecule has 14 rings (SSSR count). The SMILES string of the molecule is CC(C)(C)c1ccc(N2B3c4cc5nc(-c6ccccc6)sc5cc4-n4c5cc6c(cc5c5ccc(c3c54)-c3cc4c(cc32)-c2ccccc2C4(C)C)C(C)(C)c2ccccc2-6)cc1. The van der Waals surface area contributed by atoms with Gasteiger partial charge in [0.05, 0.1) is 21.3 Å². The largest absolute Gasteiger partial charge is 0.376 e. The van der Waals surface area contributed by atoms with Gasteiger partial charge >= 0.3 is 6.85 Å². The summed E-state index contributed by atoms with van der Waals surface area (Å²) in [6.45, 7) is 16.4. The maximum Gasteiger partial charge on any atom is 0.333 e. The highest BCUT2D eigenvalue weighted by molar-refractivity contribution is 7.21. The topological polar surface area (TPSA) is 21.1 Å². The predicted octanol–water partition coefficient (Wildman–Crippen LogP) is 14.2. The second kappa shape index (κ2) is 12.1. The third-order valence-electron chi connectivity index (χ3n) is 15.6. The first-order valence-electron chi connectivity index (χ1n) is 22.8. The van der Waals surface area contributed by atoms with Gasteiger partial charge in [-0.25, -0.2) is 4.98 Å². The summed E-state index contributed by atoms with van der Waals surface area (Å²) in [7, 11) is 0. The average Bonchev–Trinajstić information content (AvgIpc) is 4.00. The maximum atomic E-state index is 5.40. The van der Waals surface area contributed by atoms with Crippen molar-refractivity contribution in [3.8, 4) is 49.6 Å². The van der Waals surface area contributed by atoms with Crippen LogP contribution in [0.15, 0.2) is 152 Å². The Morgan fingerprint density at radius 3 is 1.91 bits per heavy atom. The molecule has 0 spiro atoms. The van der Waals surface area contributed by atoms with Crippen LogP contribution in [0.3, 0.4) is 0 Å². The van der Waals surface area contributed by atoms with Crippen LogP contribution in [0.25, 0.3) is 81.7 Å². The molecule has 3 nitrogen and oxygen atoms in total. The molecular weight excluding hydrogens is 794 g/mol. The summed E-state index contributed by atoms with van der Waals surface area (Å²) in [5, 5.41) is 3.68. The number of anilines is 2. The Hall–Kier alpha value is -6.69. The van der Waals surface area contributed by atoms with Crippen molar-refractivity contribution in [2.24, 2.45) is 0 Å². The van der Waals surface area contributed by atoms with E-state index in [0.717, 1.165) is 16.1 Å². The molecule has 0 radical (unpaired) electrons. The normalized spacial score (nSPS) is 15.6. The van der Waals surface area contributed by atoms with Gasteiger partial charge in [-0.05, 0) is 121 Å². The smallest absolute Gasteiger partial charge is 0.333 e. The van der Waals surface area contributed by atoms with Crippen LogP contribution in [0.2, 0.25) is 0 Å². The summed E-state index contributed by atoms with van der Waals surface area (Å²) in [6.07, 6.45) is 0. The summed E-state index contributed by atoms with van der Waals surface area (Å²) in [5.41, 5.74) is 25.9. The van der Waals surface area contributed by atoms with Gasteiger partial charge in [0.15, 0.2) is 0 Å². The summed E-state index contributed by atoms with van der Waals surface area (Å²) in [5.74, 6) is 0. The number of hydrogen-bond acceptors (Lipinski definition) is 3. The minimum atomic E-state index is -0.129. The van der Waals surface area contributed by atoms with Gasteiger partial charge in [0.2, 0.25) is 0 Å². The van der Waals surface area contributed by atoms with Crippen molar-refractivity contribution in [1.29, 1.82) is 0 Å². The molecule has 0 atom stereocenters. The van der Waals surface area contributed by atoms with Crippen LogP contribution in [0.4, 0.5) is 11.4 Å². The number of rotatable bonds is 2. The van der Waals surface area contributed by atoms with E-state index in [9.17, 15) is 0 Å². The molecule has 2 aromatic heterocycles. The van der Waals surface area contributed by atoms with Crippen molar-refractivity contribution in [2.75, 3.05) is 4.81 Å². The first-order chi connectivity index (χ1) is 30.9. The van der Waals surface area contributed by atoms with Gasteiger partial charge in [-0.1, -0.05) is 152 Å². The fourth-order valence-electron chi connectivity index (χ4n) is 12.3. The van der Waals surface area contributed by atoms with Gasteiger partial charge < -0.3 is 9.38 Å².